The molecule has 0 aliphatic carbocycles. The van der Waals surface area contributed by atoms with E-state index in [0.29, 0.717) is 31.8 Å². The van der Waals surface area contributed by atoms with E-state index in [0.717, 1.165) is 12.0 Å². The summed E-state index contributed by atoms with van der Waals surface area (Å²) in [6.45, 7) is 5.67. The molecule has 1 aromatic rings. The molecule has 3 N–H and O–H groups in total. The van der Waals surface area contributed by atoms with E-state index >= 15 is 0 Å². The Morgan fingerprint density at radius 3 is 2.58 bits per heavy atom. The van der Waals surface area contributed by atoms with E-state index in [1.165, 1.54) is 0 Å². The normalized spacial score (nSPS) is 21.8. The molecule has 8 heteroatoms. The lowest BCUT2D eigenvalue weighted by Crippen LogP contribution is -2.48. The van der Waals surface area contributed by atoms with Gasteiger partial charge in [-0.3, -0.25) is 4.79 Å². The summed E-state index contributed by atoms with van der Waals surface area (Å²) in [5, 5.41) is 0. The second-order valence-corrected chi connectivity index (χ2v) is 9.99. The minimum atomic E-state index is -3.75. The molecule has 0 bridgehead atoms. The van der Waals surface area contributed by atoms with Crippen LogP contribution in [0.3, 0.4) is 0 Å². The third-order valence-electron chi connectivity index (χ3n) is 4.90. The Balaban J connectivity index is 2.16. The predicted molar refractivity (Wildman–Crippen MR) is 107 cm³/mol. The zero-order valence-electron chi connectivity index (χ0n) is 15.7. The molecular weight excluding hydrogens is 370 g/mol. The molecule has 1 amide bonds. The molecule has 2 rings (SSSR count). The molecule has 6 nitrogen and oxygen atoms in total. The molecule has 1 heterocycles. The van der Waals surface area contributed by atoms with Crippen molar-refractivity contribution in [1.82, 2.24) is 9.62 Å². The molecule has 146 valence electrons. The second-order valence-electron chi connectivity index (χ2n) is 7.29. The van der Waals surface area contributed by atoms with Gasteiger partial charge in [0, 0.05) is 13.1 Å². The molecule has 1 aliphatic heterocycles. The van der Waals surface area contributed by atoms with Crippen molar-refractivity contribution in [2.75, 3.05) is 31.6 Å². The van der Waals surface area contributed by atoms with Crippen molar-refractivity contribution < 1.29 is 13.2 Å². The summed E-state index contributed by atoms with van der Waals surface area (Å²) < 4.78 is 28.0. The quantitative estimate of drug-likeness (QED) is 0.693. The summed E-state index contributed by atoms with van der Waals surface area (Å²) in [4.78, 5) is 14.9. The minimum Gasteiger partial charge on any atom is -0.341 e. The van der Waals surface area contributed by atoms with Crippen LogP contribution in [0, 0.1) is 12.3 Å². The molecule has 1 saturated heterocycles. The Kier molecular flexibility index (Phi) is 7.12. The van der Waals surface area contributed by atoms with Gasteiger partial charge in [-0.25, -0.2) is 8.42 Å². The lowest BCUT2D eigenvalue weighted by molar-refractivity contribution is -0.132. The number of nitrogens with zero attached hydrogens (tertiary/aromatic N) is 1. The number of carbonyl (C=O) groups is 1. The van der Waals surface area contributed by atoms with E-state index in [1.54, 1.807) is 40.9 Å². The van der Waals surface area contributed by atoms with Crippen molar-refractivity contribution in [1.29, 1.82) is 0 Å². The van der Waals surface area contributed by atoms with E-state index in [2.05, 4.69) is 11.6 Å². The number of nitrogens with two attached hydrogens (primary N) is 1. The molecule has 2 atom stereocenters. The fourth-order valence-electron chi connectivity index (χ4n) is 3.04. The third kappa shape index (κ3) is 5.22. The van der Waals surface area contributed by atoms with Gasteiger partial charge in [0.1, 0.15) is 6.04 Å². The number of hydrogen-bond acceptors (Lipinski definition) is 5. The average Bonchev–Trinajstić information content (AvgIpc) is 3.01. The summed E-state index contributed by atoms with van der Waals surface area (Å²) in [7, 11) is -3.75. The van der Waals surface area contributed by atoms with Crippen LogP contribution in [0.25, 0.3) is 0 Å². The lowest BCUT2D eigenvalue weighted by Gasteiger charge is -2.26. The lowest BCUT2D eigenvalue weighted by atomic mass is 9.90. The zero-order valence-corrected chi connectivity index (χ0v) is 17.3. The molecule has 1 aliphatic rings. The first kappa shape index (κ1) is 21.2. The monoisotopic (exact) mass is 399 g/mol. The maximum absolute atomic E-state index is 13.0. The first-order valence-corrected chi connectivity index (χ1v) is 11.7. The van der Waals surface area contributed by atoms with Crippen molar-refractivity contribution in [3.05, 3.63) is 29.8 Å². The van der Waals surface area contributed by atoms with Crippen LogP contribution in [0.2, 0.25) is 0 Å². The molecule has 0 saturated carbocycles. The smallest absolute Gasteiger partial charge is 0.241 e. The number of carbonyl (C=O) groups excluding carboxylic acids is 1. The van der Waals surface area contributed by atoms with Crippen LogP contribution in [-0.2, 0) is 14.8 Å². The first-order valence-electron chi connectivity index (χ1n) is 8.77. The maximum Gasteiger partial charge on any atom is 0.241 e. The van der Waals surface area contributed by atoms with Crippen molar-refractivity contribution in [2.45, 2.75) is 37.6 Å². The minimum absolute atomic E-state index is 0.0877. The number of likely N-dealkylation sites (tertiary alicyclic amines) is 1. The maximum atomic E-state index is 13.0. The molecule has 0 aromatic heterocycles. The van der Waals surface area contributed by atoms with Gasteiger partial charge in [0.25, 0.3) is 0 Å². The van der Waals surface area contributed by atoms with Gasteiger partial charge in [0.05, 0.1) is 4.90 Å². The Hall–Kier alpha value is -1.09. The van der Waals surface area contributed by atoms with Crippen LogP contribution in [0.5, 0.6) is 0 Å². The average molecular weight is 400 g/mol. The van der Waals surface area contributed by atoms with Crippen LogP contribution in [0.15, 0.2) is 29.2 Å². The number of benzene rings is 1. The van der Waals surface area contributed by atoms with Gasteiger partial charge >= 0.3 is 0 Å². The Bertz CT molecular complexity index is 722. The van der Waals surface area contributed by atoms with E-state index < -0.39 is 16.1 Å². The number of sulfonamides is 1. The van der Waals surface area contributed by atoms with Crippen LogP contribution in [-0.4, -0.2) is 56.9 Å². The summed E-state index contributed by atoms with van der Waals surface area (Å²) in [5.74, 6) is 0.543. The van der Waals surface area contributed by atoms with Gasteiger partial charge in [-0.2, -0.15) is 16.5 Å². The van der Waals surface area contributed by atoms with Gasteiger partial charge in [-0.1, -0.05) is 24.6 Å². The molecular formula is C18H29N3O3S2. The van der Waals surface area contributed by atoms with Gasteiger partial charge in [0.2, 0.25) is 15.9 Å². The van der Waals surface area contributed by atoms with E-state index in [9.17, 15) is 13.2 Å². The Labute approximate surface area is 160 Å². The second kappa shape index (κ2) is 8.73. The fraction of sp³-hybridized carbons (Fsp3) is 0.611. The summed E-state index contributed by atoms with van der Waals surface area (Å²) in [6, 6.07) is 5.87. The Morgan fingerprint density at radius 2 is 2.04 bits per heavy atom. The van der Waals surface area contributed by atoms with Crippen LogP contribution in [0.1, 0.15) is 25.3 Å². The fourth-order valence-corrected chi connectivity index (χ4v) is 4.74. The largest absolute Gasteiger partial charge is 0.341 e. The number of nitrogens with one attached hydrogen (secondary N) is 1. The topological polar surface area (TPSA) is 92.5 Å². The molecule has 2 unspecified atom stereocenters. The van der Waals surface area contributed by atoms with Crippen LogP contribution >= 0.6 is 11.8 Å². The van der Waals surface area contributed by atoms with E-state index in [4.69, 9.17) is 5.73 Å². The van der Waals surface area contributed by atoms with Crippen molar-refractivity contribution in [3.8, 4) is 0 Å². The highest BCUT2D eigenvalue weighted by molar-refractivity contribution is 7.98. The standard InChI is InChI=1S/C18H29N3O3S2/c1-14-4-6-15(7-5-14)26(23,24)20-16(8-11-25-3)17(22)21-10-9-18(2,12-19)13-21/h4-7,16,20H,8-13,19H2,1-3H3. The summed E-state index contributed by atoms with van der Waals surface area (Å²) in [5.41, 5.74) is 6.72. The third-order valence-corrected chi connectivity index (χ3v) is 7.03. The molecule has 1 fully saturated rings. The molecule has 0 spiro atoms. The SMILES string of the molecule is CSCCC(NS(=O)(=O)c1ccc(C)cc1)C(=O)N1CCC(C)(CN)C1. The van der Waals surface area contributed by atoms with E-state index in [1.807, 2.05) is 13.2 Å². The van der Waals surface area contributed by atoms with Crippen molar-refractivity contribution >= 4 is 27.7 Å². The van der Waals surface area contributed by atoms with Gasteiger partial charge in [-0.05, 0) is 55.9 Å². The molecule has 1 aromatic carbocycles. The molecule has 26 heavy (non-hydrogen) atoms. The van der Waals surface area contributed by atoms with Gasteiger partial charge < -0.3 is 10.6 Å². The van der Waals surface area contributed by atoms with Gasteiger partial charge in [-0.15, -0.1) is 0 Å². The highest BCUT2D eigenvalue weighted by Gasteiger charge is 2.38. The number of hydrogen-bond donors (Lipinski definition) is 2. The Morgan fingerprint density at radius 1 is 1.38 bits per heavy atom. The van der Waals surface area contributed by atoms with Crippen LogP contribution in [0.4, 0.5) is 0 Å². The molecule has 0 radical (unpaired) electrons. The zero-order chi connectivity index (χ0) is 19.4. The highest BCUT2D eigenvalue weighted by atomic mass is 32.2. The first-order chi connectivity index (χ1) is 12.2. The number of amides is 1. The number of aryl methyl sites for hydroxylation is 1. The van der Waals surface area contributed by atoms with Gasteiger partial charge in [0.15, 0.2) is 0 Å². The summed E-state index contributed by atoms with van der Waals surface area (Å²) >= 11 is 1.59. The van der Waals surface area contributed by atoms with Crippen molar-refractivity contribution in [2.24, 2.45) is 11.1 Å². The number of thioether (sulfide) groups is 1. The van der Waals surface area contributed by atoms with Crippen molar-refractivity contribution in [3.63, 3.8) is 0 Å². The highest BCUT2D eigenvalue weighted by Crippen LogP contribution is 2.29. The van der Waals surface area contributed by atoms with Crippen LogP contribution < -0.4 is 10.5 Å². The summed E-state index contributed by atoms with van der Waals surface area (Å²) in [6.07, 6.45) is 3.24. The number of rotatable bonds is 8. The predicted octanol–water partition coefficient (Wildman–Crippen LogP) is 1.59. The van der Waals surface area contributed by atoms with E-state index in [-0.39, 0.29) is 16.2 Å².